The van der Waals surface area contributed by atoms with Crippen LogP contribution in [-0.4, -0.2) is 16.9 Å². The lowest BCUT2D eigenvalue weighted by atomic mass is 9.92. The van der Waals surface area contributed by atoms with Crippen LogP contribution in [0.3, 0.4) is 0 Å². The average molecular weight is 392 g/mol. The number of rotatable bonds is 6. The van der Waals surface area contributed by atoms with Gasteiger partial charge in [-0.1, -0.05) is 26.0 Å². The summed E-state index contributed by atoms with van der Waals surface area (Å²) in [7, 11) is 1.66. The monoisotopic (exact) mass is 391 g/mol. The van der Waals surface area contributed by atoms with Gasteiger partial charge in [-0.25, -0.2) is 0 Å². The Morgan fingerprint density at radius 1 is 1.18 bits per heavy atom. The van der Waals surface area contributed by atoms with Crippen LogP contribution in [0.1, 0.15) is 44.7 Å². The number of benzene rings is 2. The van der Waals surface area contributed by atoms with Crippen LogP contribution in [0, 0.1) is 11.3 Å². The van der Waals surface area contributed by atoms with Crippen molar-refractivity contribution in [3.63, 3.8) is 0 Å². The summed E-state index contributed by atoms with van der Waals surface area (Å²) in [4.78, 5) is 0. The first-order valence-corrected chi connectivity index (χ1v) is 10.6. The number of nitrogens with one attached hydrogen (secondary N) is 1. The second-order valence-electron chi connectivity index (χ2n) is 7.52. The fraction of sp³-hybridized carbons (Fsp3) is 0.348. The fourth-order valence-corrected chi connectivity index (χ4v) is 4.23. The molecule has 1 fully saturated rings. The molecule has 1 saturated carbocycles. The van der Waals surface area contributed by atoms with Gasteiger partial charge in [0.1, 0.15) is 11.8 Å². The van der Waals surface area contributed by atoms with Crippen molar-refractivity contribution in [1.29, 1.82) is 5.26 Å². The normalized spacial score (nSPS) is 14.1. The summed E-state index contributed by atoms with van der Waals surface area (Å²) in [5.41, 5.74) is 5.04. The van der Waals surface area contributed by atoms with Crippen LogP contribution in [0.2, 0.25) is 0 Å². The van der Waals surface area contributed by atoms with Crippen LogP contribution in [0.4, 0.5) is 5.69 Å². The summed E-state index contributed by atoms with van der Waals surface area (Å²) in [6, 6.07) is 17.4. The summed E-state index contributed by atoms with van der Waals surface area (Å²) >= 11 is 1.70. The molecule has 0 amide bonds. The van der Waals surface area contributed by atoms with Gasteiger partial charge in [-0.3, -0.25) is 0 Å². The molecule has 1 N–H and O–H groups in total. The lowest BCUT2D eigenvalue weighted by Gasteiger charge is -2.30. The Morgan fingerprint density at radius 2 is 1.93 bits per heavy atom. The number of methoxy groups -OCH3 is 1. The zero-order chi connectivity index (χ0) is 19.7. The third-order valence-electron chi connectivity index (χ3n) is 5.33. The molecule has 1 aromatic heterocycles. The Morgan fingerprint density at radius 3 is 2.50 bits per heavy atom. The Bertz CT molecular complexity index is 1030. The molecular formula is C23H25N3OS. The van der Waals surface area contributed by atoms with E-state index >= 15 is 0 Å². The van der Waals surface area contributed by atoms with Crippen molar-refractivity contribution in [2.45, 2.75) is 44.4 Å². The number of hydrogen-bond donors (Lipinski definition) is 1. The van der Waals surface area contributed by atoms with Crippen molar-refractivity contribution >= 4 is 28.5 Å². The SMILES string of the molecule is COc1ccc2c(c1)c(C#N)c(-c1ccc(NSC(C)C)cc1)n2C1CCC1. The van der Waals surface area contributed by atoms with E-state index < -0.39 is 0 Å². The molecule has 3 aromatic rings. The maximum Gasteiger partial charge on any atom is 0.119 e. The number of anilines is 1. The van der Waals surface area contributed by atoms with Crippen LogP contribution in [-0.2, 0) is 0 Å². The number of nitriles is 1. The van der Waals surface area contributed by atoms with Crippen LogP contribution in [0.5, 0.6) is 5.75 Å². The Labute approximate surface area is 170 Å². The van der Waals surface area contributed by atoms with Crippen molar-refractivity contribution in [3.8, 4) is 23.1 Å². The first-order chi connectivity index (χ1) is 13.6. The van der Waals surface area contributed by atoms with Gasteiger partial charge in [0.05, 0.1) is 23.9 Å². The minimum absolute atomic E-state index is 0.460. The molecule has 0 bridgehead atoms. The number of hydrogen-bond acceptors (Lipinski definition) is 4. The van der Waals surface area contributed by atoms with Crippen LogP contribution >= 0.6 is 11.9 Å². The van der Waals surface area contributed by atoms with E-state index in [2.05, 4.69) is 59.5 Å². The van der Waals surface area contributed by atoms with Gasteiger partial charge < -0.3 is 14.0 Å². The van der Waals surface area contributed by atoms with E-state index in [4.69, 9.17) is 4.74 Å². The minimum atomic E-state index is 0.460. The van der Waals surface area contributed by atoms with Gasteiger partial charge in [-0.2, -0.15) is 5.26 Å². The van der Waals surface area contributed by atoms with E-state index in [9.17, 15) is 5.26 Å². The highest BCUT2D eigenvalue weighted by Gasteiger charge is 2.27. The quantitative estimate of drug-likeness (QED) is 0.495. The first kappa shape index (κ1) is 18.8. The van der Waals surface area contributed by atoms with Gasteiger partial charge in [0.25, 0.3) is 0 Å². The van der Waals surface area contributed by atoms with Gasteiger partial charge in [0, 0.05) is 22.4 Å². The second-order valence-corrected chi connectivity index (χ2v) is 8.90. The molecule has 144 valence electrons. The van der Waals surface area contributed by atoms with Crippen LogP contribution < -0.4 is 9.46 Å². The molecule has 0 radical (unpaired) electrons. The molecule has 2 aromatic carbocycles. The number of aromatic nitrogens is 1. The zero-order valence-corrected chi connectivity index (χ0v) is 17.3. The van der Waals surface area contributed by atoms with Gasteiger partial charge >= 0.3 is 0 Å². The maximum absolute atomic E-state index is 10.0. The predicted molar refractivity (Wildman–Crippen MR) is 118 cm³/mol. The molecule has 1 aliphatic rings. The third kappa shape index (κ3) is 3.33. The van der Waals surface area contributed by atoms with Gasteiger partial charge in [-0.15, -0.1) is 0 Å². The first-order valence-electron chi connectivity index (χ1n) is 9.76. The molecule has 4 nitrogen and oxygen atoms in total. The Balaban J connectivity index is 1.84. The summed E-state index contributed by atoms with van der Waals surface area (Å²) in [5.74, 6) is 0.784. The summed E-state index contributed by atoms with van der Waals surface area (Å²) in [6.07, 6.45) is 3.58. The molecule has 1 heterocycles. The smallest absolute Gasteiger partial charge is 0.119 e. The van der Waals surface area contributed by atoms with Crippen LogP contribution in [0.25, 0.3) is 22.2 Å². The van der Waals surface area contributed by atoms with Crippen molar-refractivity contribution in [1.82, 2.24) is 4.57 Å². The molecule has 0 unspecified atom stereocenters. The highest BCUT2D eigenvalue weighted by molar-refractivity contribution is 8.01. The molecular weight excluding hydrogens is 366 g/mol. The summed E-state index contributed by atoms with van der Waals surface area (Å²) in [6.45, 7) is 4.33. The fourth-order valence-electron chi connectivity index (χ4n) is 3.72. The van der Waals surface area contributed by atoms with Gasteiger partial charge in [0.15, 0.2) is 0 Å². The second kappa shape index (κ2) is 7.81. The van der Waals surface area contributed by atoms with E-state index in [0.29, 0.717) is 11.3 Å². The Kier molecular flexibility index (Phi) is 5.23. The molecule has 28 heavy (non-hydrogen) atoms. The summed E-state index contributed by atoms with van der Waals surface area (Å²) in [5, 5.41) is 11.5. The van der Waals surface area contributed by atoms with E-state index in [1.165, 1.54) is 19.3 Å². The molecule has 0 saturated heterocycles. The van der Waals surface area contributed by atoms with E-state index in [0.717, 1.165) is 39.2 Å². The lowest BCUT2D eigenvalue weighted by molar-refractivity contribution is 0.324. The molecule has 0 spiro atoms. The molecule has 4 rings (SSSR count). The van der Waals surface area contributed by atoms with E-state index in [1.807, 2.05) is 12.1 Å². The van der Waals surface area contributed by atoms with Crippen molar-refractivity contribution in [2.24, 2.45) is 0 Å². The van der Waals surface area contributed by atoms with Gasteiger partial charge in [-0.05, 0) is 67.1 Å². The standard InChI is InChI=1S/C23H25N3OS/c1-15(2)28-25-17-9-7-16(8-10-17)23-21(14-24)20-13-19(27-3)11-12-22(20)26(23)18-5-4-6-18/h7-13,15,18,25H,4-6H2,1-3H3. The summed E-state index contributed by atoms with van der Waals surface area (Å²) < 4.78 is 11.2. The van der Waals surface area contributed by atoms with Gasteiger partial charge in [0.2, 0.25) is 0 Å². The largest absolute Gasteiger partial charge is 0.497 e. The zero-order valence-electron chi connectivity index (χ0n) is 16.5. The van der Waals surface area contributed by atoms with Crippen molar-refractivity contribution < 1.29 is 4.74 Å². The number of ether oxygens (including phenoxy) is 1. The number of fused-ring (bicyclic) bond motifs is 1. The molecule has 0 aliphatic heterocycles. The Hall–Kier alpha value is -2.58. The van der Waals surface area contributed by atoms with E-state index in [-0.39, 0.29) is 0 Å². The average Bonchev–Trinajstić information content (AvgIpc) is 2.98. The number of nitrogens with zero attached hydrogens (tertiary/aromatic N) is 2. The third-order valence-corrected chi connectivity index (χ3v) is 6.16. The van der Waals surface area contributed by atoms with Crippen LogP contribution in [0.15, 0.2) is 42.5 Å². The molecule has 1 aliphatic carbocycles. The van der Waals surface area contributed by atoms with Crippen molar-refractivity contribution in [3.05, 3.63) is 48.0 Å². The molecule has 5 heteroatoms. The topological polar surface area (TPSA) is 50.0 Å². The van der Waals surface area contributed by atoms with Crippen molar-refractivity contribution in [2.75, 3.05) is 11.8 Å². The molecule has 0 atom stereocenters. The highest BCUT2D eigenvalue weighted by Crippen LogP contribution is 2.43. The minimum Gasteiger partial charge on any atom is -0.497 e. The highest BCUT2D eigenvalue weighted by atomic mass is 32.2. The predicted octanol–water partition coefficient (Wildman–Crippen LogP) is 6.38. The lowest BCUT2D eigenvalue weighted by Crippen LogP contribution is -2.17. The maximum atomic E-state index is 10.0. The van der Waals surface area contributed by atoms with E-state index in [1.54, 1.807) is 19.1 Å².